The molecule has 3 aromatic rings. The molecule has 4 rings (SSSR count). The Kier molecular flexibility index (Phi) is 6.94. The second kappa shape index (κ2) is 10.1. The molecule has 178 valence electrons. The molecule has 6 nitrogen and oxygen atoms in total. The van der Waals surface area contributed by atoms with E-state index in [9.17, 15) is 14.4 Å². The number of ether oxygens (including phenoxy) is 3. The quantitative estimate of drug-likeness (QED) is 0.354. The number of hydrogen-bond acceptors (Lipinski definition) is 6. The number of nitrogens with two attached hydrogens (primary N) is 1. The molecular formula is C27H22ClFN2O4. The van der Waals surface area contributed by atoms with Gasteiger partial charge in [-0.05, 0) is 49.2 Å². The number of fused-ring (bicyclic) bond motifs is 1. The third-order valence-electron chi connectivity index (χ3n) is 5.67. The van der Waals surface area contributed by atoms with Crippen LogP contribution in [0.2, 0.25) is 5.02 Å². The second-order valence-electron chi connectivity index (χ2n) is 7.94. The standard InChI is InChI=1S/C27H22ClFN2O4/c1-3-16-7-9-17(10-8-16)33-15(2)27(32)34-18-11-12-19-23(13-18)35-26(31)20(14-30)24(19)25-21(28)5-4-6-22(25)29/h4-13,15,24H,3,31H2,1-2H3. The lowest BCUT2D eigenvalue weighted by molar-refractivity contribution is -0.141. The molecule has 0 saturated heterocycles. The molecule has 0 saturated carbocycles. The third-order valence-corrected chi connectivity index (χ3v) is 6.00. The highest BCUT2D eigenvalue weighted by molar-refractivity contribution is 6.31. The normalized spacial score (nSPS) is 15.5. The summed E-state index contributed by atoms with van der Waals surface area (Å²) in [6.45, 7) is 3.64. The Bertz CT molecular complexity index is 1330. The van der Waals surface area contributed by atoms with Gasteiger partial charge in [-0.1, -0.05) is 42.8 Å². The maximum Gasteiger partial charge on any atom is 0.352 e. The van der Waals surface area contributed by atoms with Crippen molar-refractivity contribution in [3.05, 3.63) is 99.7 Å². The van der Waals surface area contributed by atoms with Crippen LogP contribution in [0.15, 0.2) is 72.1 Å². The Morgan fingerprint density at radius 1 is 1.20 bits per heavy atom. The van der Waals surface area contributed by atoms with Gasteiger partial charge in [-0.2, -0.15) is 5.26 Å². The number of carbonyl (C=O) groups is 1. The fourth-order valence-electron chi connectivity index (χ4n) is 3.84. The molecule has 8 heteroatoms. The van der Waals surface area contributed by atoms with Crippen molar-refractivity contribution in [3.63, 3.8) is 0 Å². The zero-order chi connectivity index (χ0) is 25.1. The van der Waals surface area contributed by atoms with E-state index >= 15 is 0 Å². The van der Waals surface area contributed by atoms with Crippen molar-refractivity contribution in [1.82, 2.24) is 0 Å². The maximum atomic E-state index is 14.7. The molecule has 0 aromatic heterocycles. The van der Waals surface area contributed by atoms with E-state index in [0.717, 1.165) is 12.0 Å². The van der Waals surface area contributed by atoms with Crippen molar-refractivity contribution in [3.8, 4) is 23.3 Å². The molecule has 3 aromatic carbocycles. The lowest BCUT2D eigenvalue weighted by Crippen LogP contribution is -2.28. The van der Waals surface area contributed by atoms with Crippen molar-refractivity contribution in [2.45, 2.75) is 32.3 Å². The van der Waals surface area contributed by atoms with Crippen molar-refractivity contribution in [1.29, 1.82) is 5.26 Å². The van der Waals surface area contributed by atoms with Crippen LogP contribution in [-0.2, 0) is 11.2 Å². The number of aryl methyl sites for hydroxylation is 1. The second-order valence-corrected chi connectivity index (χ2v) is 8.35. The minimum Gasteiger partial charge on any atom is -0.479 e. The van der Waals surface area contributed by atoms with Crippen molar-refractivity contribution in [2.24, 2.45) is 5.73 Å². The van der Waals surface area contributed by atoms with Gasteiger partial charge < -0.3 is 19.9 Å². The van der Waals surface area contributed by atoms with Gasteiger partial charge in [0.2, 0.25) is 5.88 Å². The maximum absolute atomic E-state index is 14.7. The molecule has 0 fully saturated rings. The molecule has 0 amide bonds. The minimum atomic E-state index is -0.879. The Labute approximate surface area is 207 Å². The number of nitrogens with zero attached hydrogens (tertiary/aromatic N) is 1. The molecule has 1 aliphatic rings. The molecule has 1 heterocycles. The zero-order valence-corrected chi connectivity index (χ0v) is 19.8. The predicted molar refractivity (Wildman–Crippen MR) is 129 cm³/mol. The summed E-state index contributed by atoms with van der Waals surface area (Å²) in [6, 6.07) is 18.3. The van der Waals surface area contributed by atoms with Crippen LogP contribution in [0.1, 0.15) is 36.5 Å². The summed E-state index contributed by atoms with van der Waals surface area (Å²) in [7, 11) is 0. The zero-order valence-electron chi connectivity index (χ0n) is 19.0. The summed E-state index contributed by atoms with van der Waals surface area (Å²) >= 11 is 6.28. The van der Waals surface area contributed by atoms with Crippen LogP contribution in [0.5, 0.6) is 17.2 Å². The third kappa shape index (κ3) is 4.93. The fraction of sp³-hybridized carbons (Fsp3) is 0.185. The Balaban J connectivity index is 1.58. The van der Waals surface area contributed by atoms with Crippen LogP contribution in [-0.4, -0.2) is 12.1 Å². The molecule has 0 radical (unpaired) electrons. The number of allylic oxidation sites excluding steroid dienone is 1. The van der Waals surface area contributed by atoms with Crippen molar-refractivity contribution in [2.75, 3.05) is 0 Å². The van der Waals surface area contributed by atoms with E-state index in [1.54, 1.807) is 25.1 Å². The Morgan fingerprint density at radius 2 is 1.91 bits per heavy atom. The molecule has 35 heavy (non-hydrogen) atoms. The minimum absolute atomic E-state index is 0.0327. The number of esters is 1. The monoisotopic (exact) mass is 492 g/mol. The average Bonchev–Trinajstić information content (AvgIpc) is 2.84. The number of carbonyl (C=O) groups excluding carboxylic acids is 1. The molecule has 0 bridgehead atoms. The molecular weight excluding hydrogens is 471 g/mol. The number of hydrogen-bond donors (Lipinski definition) is 1. The van der Waals surface area contributed by atoms with E-state index in [2.05, 4.69) is 6.92 Å². The van der Waals surface area contributed by atoms with Crippen LogP contribution in [0, 0.1) is 17.1 Å². The smallest absolute Gasteiger partial charge is 0.352 e. The van der Waals surface area contributed by atoms with Gasteiger partial charge in [0.05, 0.1) is 5.92 Å². The van der Waals surface area contributed by atoms with Gasteiger partial charge >= 0.3 is 5.97 Å². The van der Waals surface area contributed by atoms with E-state index in [0.29, 0.717) is 11.3 Å². The van der Waals surface area contributed by atoms with E-state index in [-0.39, 0.29) is 33.5 Å². The van der Waals surface area contributed by atoms with Crippen LogP contribution < -0.4 is 19.9 Å². The molecule has 0 spiro atoms. The molecule has 1 aliphatic heterocycles. The molecule has 2 atom stereocenters. The molecule has 0 aliphatic carbocycles. The van der Waals surface area contributed by atoms with Gasteiger partial charge in [0, 0.05) is 22.2 Å². The first-order valence-electron chi connectivity index (χ1n) is 10.9. The van der Waals surface area contributed by atoms with Gasteiger partial charge in [0.1, 0.15) is 34.7 Å². The van der Waals surface area contributed by atoms with E-state index in [4.69, 9.17) is 31.5 Å². The summed E-state index contributed by atoms with van der Waals surface area (Å²) in [6.07, 6.45) is 0.0252. The summed E-state index contributed by atoms with van der Waals surface area (Å²) in [5, 5.41) is 9.82. The highest BCUT2D eigenvalue weighted by atomic mass is 35.5. The van der Waals surface area contributed by atoms with E-state index in [1.807, 2.05) is 18.2 Å². The summed E-state index contributed by atoms with van der Waals surface area (Å²) in [4.78, 5) is 12.6. The summed E-state index contributed by atoms with van der Waals surface area (Å²) < 4.78 is 31.5. The molecule has 2 unspecified atom stereocenters. The van der Waals surface area contributed by atoms with E-state index < -0.39 is 23.8 Å². The topological polar surface area (TPSA) is 94.6 Å². The van der Waals surface area contributed by atoms with Gasteiger partial charge in [-0.25, -0.2) is 9.18 Å². The first-order valence-corrected chi connectivity index (χ1v) is 11.3. The van der Waals surface area contributed by atoms with Gasteiger partial charge in [0.15, 0.2) is 6.10 Å². The lowest BCUT2D eigenvalue weighted by Gasteiger charge is -2.27. The van der Waals surface area contributed by atoms with E-state index in [1.165, 1.54) is 30.3 Å². The first kappa shape index (κ1) is 24.1. The van der Waals surface area contributed by atoms with Crippen LogP contribution >= 0.6 is 11.6 Å². The van der Waals surface area contributed by atoms with Crippen LogP contribution in [0.3, 0.4) is 0 Å². The van der Waals surface area contributed by atoms with Gasteiger partial charge in [0.25, 0.3) is 0 Å². The van der Waals surface area contributed by atoms with Gasteiger partial charge in [-0.3, -0.25) is 0 Å². The van der Waals surface area contributed by atoms with Crippen LogP contribution in [0.25, 0.3) is 0 Å². The fourth-order valence-corrected chi connectivity index (χ4v) is 4.11. The first-order chi connectivity index (χ1) is 16.8. The SMILES string of the molecule is CCc1ccc(OC(C)C(=O)Oc2ccc3c(c2)OC(N)=C(C#N)C3c2c(F)cccc2Cl)cc1. The van der Waals surface area contributed by atoms with Crippen LogP contribution in [0.4, 0.5) is 4.39 Å². The number of rotatable bonds is 6. The predicted octanol–water partition coefficient (Wildman–Crippen LogP) is 5.63. The average molecular weight is 493 g/mol. The largest absolute Gasteiger partial charge is 0.479 e. The molecule has 2 N–H and O–H groups in total. The van der Waals surface area contributed by atoms with Crippen molar-refractivity contribution >= 4 is 17.6 Å². The number of benzene rings is 3. The number of halogens is 2. The van der Waals surface area contributed by atoms with Crippen molar-refractivity contribution < 1.29 is 23.4 Å². The highest BCUT2D eigenvalue weighted by Gasteiger charge is 2.34. The summed E-state index contributed by atoms with van der Waals surface area (Å²) in [5.41, 5.74) is 7.74. The Morgan fingerprint density at radius 3 is 2.57 bits per heavy atom. The van der Waals surface area contributed by atoms with Gasteiger partial charge in [-0.15, -0.1) is 0 Å². The highest BCUT2D eigenvalue weighted by Crippen LogP contribution is 2.46. The summed E-state index contributed by atoms with van der Waals surface area (Å²) in [5.74, 6) is -1.31. The Hall–Kier alpha value is -4.02. The lowest BCUT2D eigenvalue weighted by atomic mass is 9.83. The number of nitriles is 1.